The summed E-state index contributed by atoms with van der Waals surface area (Å²) in [5.74, 6) is -2.35. The lowest BCUT2D eigenvalue weighted by Gasteiger charge is -2.13. The first kappa shape index (κ1) is 15.8. The molecule has 0 radical (unpaired) electrons. The molecule has 0 fully saturated rings. The van der Waals surface area contributed by atoms with Crippen LogP contribution in [0.2, 0.25) is 0 Å². The van der Waals surface area contributed by atoms with Crippen LogP contribution in [0.1, 0.15) is 24.1 Å². The van der Waals surface area contributed by atoms with Gasteiger partial charge in [-0.15, -0.1) is 0 Å². The molecule has 0 aliphatic carbocycles. The van der Waals surface area contributed by atoms with Crippen molar-refractivity contribution in [1.29, 1.82) is 0 Å². The zero-order valence-electron chi connectivity index (χ0n) is 11.8. The second kappa shape index (κ2) is 6.93. The molecule has 0 unspecified atom stereocenters. The minimum absolute atomic E-state index is 0.175. The van der Waals surface area contributed by atoms with E-state index in [0.29, 0.717) is 0 Å². The Morgan fingerprint density at radius 1 is 1.09 bits per heavy atom. The van der Waals surface area contributed by atoms with E-state index in [2.05, 4.69) is 5.32 Å². The molecule has 0 heterocycles. The van der Waals surface area contributed by atoms with Gasteiger partial charge < -0.3 is 5.32 Å². The summed E-state index contributed by atoms with van der Waals surface area (Å²) in [6, 6.07) is 8.53. The molecule has 2 aromatic rings. The van der Waals surface area contributed by atoms with Gasteiger partial charge in [-0.05, 0) is 25.1 Å². The average Bonchev–Trinajstić information content (AvgIpc) is 2.46. The van der Waals surface area contributed by atoms with Crippen molar-refractivity contribution in [2.45, 2.75) is 13.0 Å². The highest BCUT2D eigenvalue weighted by Crippen LogP contribution is 2.17. The van der Waals surface area contributed by atoms with Gasteiger partial charge in [0.25, 0.3) is 0 Å². The molecule has 0 aromatic heterocycles. The zero-order valence-corrected chi connectivity index (χ0v) is 11.8. The summed E-state index contributed by atoms with van der Waals surface area (Å²) < 4.78 is 39.8. The Balaban J connectivity index is 2.04. The number of nitrogens with one attached hydrogen (secondary N) is 1. The van der Waals surface area contributed by atoms with Gasteiger partial charge in [-0.3, -0.25) is 4.79 Å². The summed E-state index contributed by atoms with van der Waals surface area (Å²) in [7, 11) is 0. The van der Waals surface area contributed by atoms with E-state index >= 15 is 0 Å². The zero-order chi connectivity index (χ0) is 16.1. The van der Waals surface area contributed by atoms with Crippen molar-refractivity contribution in [2.75, 3.05) is 0 Å². The molecule has 5 heteroatoms. The van der Waals surface area contributed by atoms with Crippen molar-refractivity contribution < 1.29 is 18.0 Å². The third-order valence-electron chi connectivity index (χ3n) is 3.11. The van der Waals surface area contributed by atoms with Crippen molar-refractivity contribution in [3.63, 3.8) is 0 Å². The number of amides is 1. The third-order valence-corrected chi connectivity index (χ3v) is 3.11. The summed E-state index contributed by atoms with van der Waals surface area (Å²) in [5, 5.41) is 2.54. The lowest BCUT2D eigenvalue weighted by molar-refractivity contribution is -0.117. The van der Waals surface area contributed by atoms with Crippen LogP contribution in [0.3, 0.4) is 0 Å². The van der Waals surface area contributed by atoms with E-state index in [0.717, 1.165) is 18.2 Å². The summed E-state index contributed by atoms with van der Waals surface area (Å²) in [6.45, 7) is 1.57. The van der Waals surface area contributed by atoms with Gasteiger partial charge >= 0.3 is 0 Å². The second-order valence-corrected chi connectivity index (χ2v) is 4.75. The first-order valence-corrected chi connectivity index (χ1v) is 6.65. The molecule has 2 aromatic carbocycles. The van der Waals surface area contributed by atoms with Gasteiger partial charge in [-0.25, -0.2) is 13.2 Å². The Kier molecular flexibility index (Phi) is 4.99. The van der Waals surface area contributed by atoms with Crippen molar-refractivity contribution >= 4 is 12.0 Å². The van der Waals surface area contributed by atoms with Gasteiger partial charge in [0.15, 0.2) is 0 Å². The highest BCUT2D eigenvalue weighted by molar-refractivity contribution is 5.92. The Morgan fingerprint density at radius 2 is 1.82 bits per heavy atom. The highest BCUT2D eigenvalue weighted by atomic mass is 19.1. The van der Waals surface area contributed by atoms with Crippen LogP contribution in [0.15, 0.2) is 48.5 Å². The van der Waals surface area contributed by atoms with Gasteiger partial charge in [-0.2, -0.15) is 0 Å². The van der Waals surface area contributed by atoms with Gasteiger partial charge in [-0.1, -0.05) is 24.3 Å². The molecule has 0 aliphatic heterocycles. The number of carbonyl (C=O) groups excluding carboxylic acids is 1. The average molecular weight is 305 g/mol. The number of hydrogen-bond acceptors (Lipinski definition) is 1. The molecule has 1 amide bonds. The monoisotopic (exact) mass is 305 g/mol. The Labute approximate surface area is 126 Å². The van der Waals surface area contributed by atoms with Crippen molar-refractivity contribution in [2.24, 2.45) is 0 Å². The molecule has 2 nitrogen and oxygen atoms in total. The maximum atomic E-state index is 13.6. The van der Waals surface area contributed by atoms with E-state index in [1.54, 1.807) is 19.1 Å². The number of hydrogen-bond donors (Lipinski definition) is 1. The van der Waals surface area contributed by atoms with Crippen molar-refractivity contribution in [3.8, 4) is 0 Å². The highest BCUT2D eigenvalue weighted by Gasteiger charge is 2.13. The molecular formula is C17H14F3NO. The van der Waals surface area contributed by atoms with Crippen LogP contribution in [0, 0.1) is 17.5 Å². The van der Waals surface area contributed by atoms with E-state index in [1.807, 2.05) is 0 Å². The van der Waals surface area contributed by atoms with Crippen LogP contribution in [-0.2, 0) is 4.79 Å². The first-order chi connectivity index (χ1) is 10.5. The summed E-state index contributed by atoms with van der Waals surface area (Å²) in [5.41, 5.74) is 0.451. The molecular weight excluding hydrogens is 291 g/mol. The fraction of sp³-hybridized carbons (Fsp3) is 0.118. The minimum atomic E-state index is -0.731. The van der Waals surface area contributed by atoms with E-state index in [-0.39, 0.29) is 11.1 Å². The maximum absolute atomic E-state index is 13.6. The van der Waals surface area contributed by atoms with Gasteiger partial charge in [0.05, 0.1) is 6.04 Å². The predicted molar refractivity (Wildman–Crippen MR) is 78.3 cm³/mol. The molecule has 0 saturated heterocycles. The van der Waals surface area contributed by atoms with Gasteiger partial charge in [0.1, 0.15) is 17.5 Å². The molecule has 2 rings (SSSR count). The normalized spacial score (nSPS) is 12.4. The van der Waals surface area contributed by atoms with E-state index < -0.39 is 29.4 Å². The van der Waals surface area contributed by atoms with E-state index in [4.69, 9.17) is 0 Å². The Hall–Kier alpha value is -2.56. The van der Waals surface area contributed by atoms with Crippen LogP contribution in [-0.4, -0.2) is 5.91 Å². The largest absolute Gasteiger partial charge is 0.346 e. The standard InChI is InChI=1S/C17H14F3NO/c1-11(14-8-7-13(18)10-16(14)20)21-17(22)9-6-12-4-2-3-5-15(12)19/h2-11H,1H3,(H,21,22)/b9-6+/t11-/m0/s1. The fourth-order valence-electron chi connectivity index (χ4n) is 1.97. The topological polar surface area (TPSA) is 29.1 Å². The predicted octanol–water partition coefficient (Wildman–Crippen LogP) is 3.99. The Morgan fingerprint density at radius 3 is 2.50 bits per heavy atom. The van der Waals surface area contributed by atoms with Crippen LogP contribution in [0.5, 0.6) is 0 Å². The first-order valence-electron chi connectivity index (χ1n) is 6.65. The molecule has 0 bridgehead atoms. The van der Waals surface area contributed by atoms with Crippen molar-refractivity contribution in [3.05, 3.63) is 77.1 Å². The van der Waals surface area contributed by atoms with E-state index in [1.165, 1.54) is 24.3 Å². The number of rotatable bonds is 4. The number of halogens is 3. The lowest BCUT2D eigenvalue weighted by atomic mass is 10.1. The molecule has 114 valence electrons. The molecule has 0 spiro atoms. The second-order valence-electron chi connectivity index (χ2n) is 4.75. The number of carbonyl (C=O) groups is 1. The van der Waals surface area contributed by atoms with Gasteiger partial charge in [0.2, 0.25) is 5.91 Å². The molecule has 0 aliphatic rings. The van der Waals surface area contributed by atoms with Crippen LogP contribution >= 0.6 is 0 Å². The third kappa shape index (κ3) is 3.97. The summed E-state index contributed by atoms with van der Waals surface area (Å²) in [6.07, 6.45) is 2.49. The van der Waals surface area contributed by atoms with E-state index in [9.17, 15) is 18.0 Å². The minimum Gasteiger partial charge on any atom is -0.346 e. The molecule has 1 atom stereocenters. The number of benzene rings is 2. The van der Waals surface area contributed by atoms with Crippen LogP contribution in [0.25, 0.3) is 6.08 Å². The van der Waals surface area contributed by atoms with Crippen LogP contribution in [0.4, 0.5) is 13.2 Å². The van der Waals surface area contributed by atoms with Gasteiger partial charge in [0, 0.05) is 23.3 Å². The summed E-state index contributed by atoms with van der Waals surface area (Å²) >= 11 is 0. The fourth-order valence-corrected chi connectivity index (χ4v) is 1.97. The lowest BCUT2D eigenvalue weighted by Crippen LogP contribution is -2.25. The quantitative estimate of drug-likeness (QED) is 0.850. The summed E-state index contributed by atoms with van der Waals surface area (Å²) in [4.78, 5) is 11.8. The Bertz CT molecular complexity index is 713. The van der Waals surface area contributed by atoms with Crippen LogP contribution < -0.4 is 5.32 Å². The SMILES string of the molecule is C[C@H](NC(=O)/C=C/c1ccccc1F)c1ccc(F)cc1F. The molecule has 0 saturated carbocycles. The van der Waals surface area contributed by atoms with Crippen molar-refractivity contribution in [1.82, 2.24) is 5.32 Å². The molecule has 22 heavy (non-hydrogen) atoms. The maximum Gasteiger partial charge on any atom is 0.244 e. The smallest absolute Gasteiger partial charge is 0.244 e. The molecule has 1 N–H and O–H groups in total.